The SMILES string of the molecule is CCN1C(N)=NNN1C#N. The summed E-state index contributed by atoms with van der Waals surface area (Å²) < 4.78 is 0. The Labute approximate surface area is 58.4 Å². The minimum atomic E-state index is 0.309. The van der Waals surface area contributed by atoms with E-state index in [4.69, 9.17) is 11.0 Å². The van der Waals surface area contributed by atoms with Crippen LogP contribution in [0.1, 0.15) is 6.92 Å². The highest BCUT2D eigenvalue weighted by atomic mass is 15.9. The Morgan fingerprint density at radius 1 is 1.90 bits per heavy atom. The Morgan fingerprint density at radius 3 is 3.00 bits per heavy atom. The quantitative estimate of drug-likeness (QED) is 0.445. The molecule has 0 atom stereocenters. The molecule has 0 aromatic heterocycles. The molecule has 6 heteroatoms. The molecule has 0 saturated carbocycles. The van der Waals surface area contributed by atoms with Gasteiger partial charge in [-0.1, -0.05) is 0 Å². The molecule has 0 aromatic carbocycles. The molecule has 0 amide bonds. The summed E-state index contributed by atoms with van der Waals surface area (Å²) in [6.45, 7) is 2.50. The predicted molar refractivity (Wildman–Crippen MR) is 34.6 cm³/mol. The van der Waals surface area contributed by atoms with Crippen LogP contribution in [0.2, 0.25) is 0 Å². The first-order valence-corrected chi connectivity index (χ1v) is 2.85. The highest BCUT2D eigenvalue weighted by Gasteiger charge is 2.19. The third-order valence-corrected chi connectivity index (χ3v) is 1.16. The van der Waals surface area contributed by atoms with Gasteiger partial charge in [-0.3, -0.25) is 0 Å². The first kappa shape index (κ1) is 6.48. The lowest BCUT2D eigenvalue weighted by Crippen LogP contribution is -2.44. The van der Waals surface area contributed by atoms with Gasteiger partial charge in [-0.15, -0.1) is 10.2 Å². The van der Waals surface area contributed by atoms with E-state index in [-0.39, 0.29) is 0 Å². The zero-order valence-corrected chi connectivity index (χ0v) is 5.57. The number of nitrogens with two attached hydrogens (primary N) is 1. The maximum absolute atomic E-state index is 8.43. The summed E-state index contributed by atoms with van der Waals surface area (Å²) in [5, 5.41) is 14.7. The van der Waals surface area contributed by atoms with Gasteiger partial charge in [-0.25, -0.2) is 5.01 Å². The zero-order chi connectivity index (χ0) is 7.56. The number of hydrogen-bond acceptors (Lipinski definition) is 6. The first-order valence-electron chi connectivity index (χ1n) is 2.85. The summed E-state index contributed by atoms with van der Waals surface area (Å²) in [5.74, 6) is 0.309. The summed E-state index contributed by atoms with van der Waals surface area (Å²) in [6, 6.07) is 0. The van der Waals surface area contributed by atoms with Gasteiger partial charge >= 0.3 is 0 Å². The zero-order valence-electron chi connectivity index (χ0n) is 5.57. The van der Waals surface area contributed by atoms with Gasteiger partial charge in [0.15, 0.2) is 0 Å². The largest absolute Gasteiger partial charge is 0.367 e. The van der Waals surface area contributed by atoms with Crippen LogP contribution in [0.25, 0.3) is 0 Å². The van der Waals surface area contributed by atoms with Gasteiger partial charge in [0.25, 0.3) is 0 Å². The highest BCUT2D eigenvalue weighted by molar-refractivity contribution is 5.78. The summed E-state index contributed by atoms with van der Waals surface area (Å²) >= 11 is 0. The third kappa shape index (κ3) is 0.774. The van der Waals surface area contributed by atoms with Crippen LogP contribution >= 0.6 is 0 Å². The molecule has 6 nitrogen and oxygen atoms in total. The van der Waals surface area contributed by atoms with Gasteiger partial charge in [0.05, 0.1) is 0 Å². The van der Waals surface area contributed by atoms with E-state index in [1.54, 1.807) is 0 Å². The molecule has 0 radical (unpaired) electrons. The lowest BCUT2D eigenvalue weighted by molar-refractivity contribution is 0.0911. The summed E-state index contributed by atoms with van der Waals surface area (Å²) in [4.78, 5) is 0. The van der Waals surface area contributed by atoms with Crippen molar-refractivity contribution in [1.82, 2.24) is 15.7 Å². The van der Waals surface area contributed by atoms with E-state index in [2.05, 4.69) is 10.6 Å². The number of hydrazone groups is 1. The van der Waals surface area contributed by atoms with Crippen molar-refractivity contribution < 1.29 is 0 Å². The smallest absolute Gasteiger partial charge is 0.236 e. The van der Waals surface area contributed by atoms with E-state index >= 15 is 0 Å². The van der Waals surface area contributed by atoms with Gasteiger partial charge < -0.3 is 5.73 Å². The second-order valence-electron chi connectivity index (χ2n) is 1.70. The molecular formula is C4H8N6. The van der Waals surface area contributed by atoms with Crippen LogP contribution in [0.4, 0.5) is 0 Å². The van der Waals surface area contributed by atoms with Crippen molar-refractivity contribution >= 4 is 5.96 Å². The van der Waals surface area contributed by atoms with Crippen molar-refractivity contribution in [3.63, 3.8) is 0 Å². The average Bonchev–Trinajstić information content (AvgIpc) is 2.30. The maximum atomic E-state index is 8.43. The highest BCUT2D eigenvalue weighted by Crippen LogP contribution is 1.97. The van der Waals surface area contributed by atoms with Gasteiger partial charge in [-0.2, -0.15) is 10.8 Å². The maximum Gasteiger partial charge on any atom is 0.236 e. The Hall–Kier alpha value is -1.64. The van der Waals surface area contributed by atoms with Crippen molar-refractivity contribution in [2.45, 2.75) is 6.92 Å². The molecule has 0 fully saturated rings. The van der Waals surface area contributed by atoms with Gasteiger partial charge in [0.2, 0.25) is 12.2 Å². The van der Waals surface area contributed by atoms with Crippen LogP contribution in [0.3, 0.4) is 0 Å². The monoisotopic (exact) mass is 140 g/mol. The topological polar surface area (TPSA) is 80.7 Å². The predicted octanol–water partition coefficient (Wildman–Crippen LogP) is -1.25. The van der Waals surface area contributed by atoms with E-state index in [9.17, 15) is 0 Å². The molecule has 0 aromatic rings. The lowest BCUT2D eigenvalue weighted by atomic mass is 10.7. The Kier molecular flexibility index (Phi) is 1.49. The average molecular weight is 140 g/mol. The molecule has 1 heterocycles. The number of rotatable bonds is 1. The second kappa shape index (κ2) is 2.31. The van der Waals surface area contributed by atoms with Crippen molar-refractivity contribution in [2.75, 3.05) is 6.54 Å². The van der Waals surface area contributed by atoms with E-state index in [1.165, 1.54) is 5.01 Å². The van der Waals surface area contributed by atoms with Crippen molar-refractivity contribution in [3.05, 3.63) is 0 Å². The molecule has 1 rings (SSSR count). The van der Waals surface area contributed by atoms with E-state index in [1.807, 2.05) is 13.1 Å². The van der Waals surface area contributed by atoms with E-state index < -0.39 is 0 Å². The molecule has 0 unspecified atom stereocenters. The summed E-state index contributed by atoms with van der Waals surface area (Å²) in [5.41, 5.74) is 7.79. The number of nitriles is 1. The number of nitrogens with zero attached hydrogens (tertiary/aromatic N) is 4. The van der Waals surface area contributed by atoms with Crippen LogP contribution in [0, 0.1) is 11.5 Å². The molecule has 1 aliphatic heterocycles. The Bertz CT molecular complexity index is 190. The second-order valence-corrected chi connectivity index (χ2v) is 1.70. The van der Waals surface area contributed by atoms with Crippen molar-refractivity contribution in [3.8, 4) is 6.19 Å². The van der Waals surface area contributed by atoms with Crippen molar-refractivity contribution in [2.24, 2.45) is 10.8 Å². The fourth-order valence-corrected chi connectivity index (χ4v) is 0.693. The fourth-order valence-electron chi connectivity index (χ4n) is 0.693. The molecule has 3 N–H and O–H groups in total. The van der Waals surface area contributed by atoms with Gasteiger partial charge in [0.1, 0.15) is 0 Å². The summed E-state index contributed by atoms with van der Waals surface area (Å²) in [6.07, 6.45) is 1.85. The van der Waals surface area contributed by atoms with Gasteiger partial charge in [-0.05, 0) is 6.92 Å². The van der Waals surface area contributed by atoms with Gasteiger partial charge in [0, 0.05) is 6.54 Å². The molecule has 10 heavy (non-hydrogen) atoms. The normalized spacial score (nSPS) is 16.2. The fraction of sp³-hybridized carbons (Fsp3) is 0.500. The molecule has 1 aliphatic rings. The molecule has 0 spiro atoms. The molecule has 54 valence electrons. The van der Waals surface area contributed by atoms with Crippen molar-refractivity contribution in [1.29, 1.82) is 5.26 Å². The molecule has 0 aliphatic carbocycles. The minimum Gasteiger partial charge on any atom is -0.367 e. The van der Waals surface area contributed by atoms with E-state index in [0.717, 1.165) is 5.12 Å². The minimum absolute atomic E-state index is 0.309. The third-order valence-electron chi connectivity index (χ3n) is 1.16. The van der Waals surface area contributed by atoms with E-state index in [0.29, 0.717) is 12.5 Å². The molecule has 0 bridgehead atoms. The van der Waals surface area contributed by atoms with Crippen LogP contribution in [0.5, 0.6) is 0 Å². The van der Waals surface area contributed by atoms with Crippen LogP contribution < -0.4 is 11.3 Å². The number of hydrazine groups is 2. The van der Waals surface area contributed by atoms with Crippen LogP contribution in [-0.4, -0.2) is 22.6 Å². The first-order chi connectivity index (χ1) is 4.79. The summed E-state index contributed by atoms with van der Waals surface area (Å²) in [7, 11) is 0. The number of nitrogens with one attached hydrogen (secondary N) is 1. The molecular weight excluding hydrogens is 132 g/mol. The Morgan fingerprint density at radius 2 is 2.60 bits per heavy atom. The number of hydrogen-bond donors (Lipinski definition) is 2. The lowest BCUT2D eigenvalue weighted by Gasteiger charge is -2.19. The van der Waals surface area contributed by atoms with Crippen LogP contribution in [0.15, 0.2) is 5.10 Å². The molecule has 0 saturated heterocycles. The standard InChI is InChI=1S/C4H8N6/c1-2-9-4(6)7-8-10(9)3-5/h8H,2H2,1H3,(H2,6,7). The Balaban J connectivity index is 2.65. The van der Waals surface area contributed by atoms with Crippen LogP contribution in [-0.2, 0) is 0 Å². The number of guanidine groups is 1.